The van der Waals surface area contributed by atoms with Gasteiger partial charge < -0.3 is 13.7 Å². The number of nitrogens with zero attached hydrogens (tertiary/aromatic N) is 3. The van der Waals surface area contributed by atoms with Crippen LogP contribution in [0.5, 0.6) is 0 Å². The summed E-state index contributed by atoms with van der Waals surface area (Å²) in [7, 11) is 0. The third-order valence-electron chi connectivity index (χ3n) is 11.8. The van der Waals surface area contributed by atoms with Gasteiger partial charge in [-0.1, -0.05) is 164 Å². The molecule has 3 heteroatoms. The van der Waals surface area contributed by atoms with Crippen LogP contribution in [0.25, 0.3) is 105 Å². The quantitative estimate of drug-likeness (QED) is 0.168. The minimum atomic E-state index is 1.12. The van der Waals surface area contributed by atoms with Crippen LogP contribution >= 0.6 is 0 Å². The second-order valence-corrected chi connectivity index (χ2v) is 14.9. The number of hydrogen-bond acceptors (Lipinski definition) is 0. The van der Waals surface area contributed by atoms with Crippen LogP contribution < -0.4 is 0 Å². The number of aromatic nitrogens is 3. The molecule has 0 N–H and O–H groups in total. The van der Waals surface area contributed by atoms with Crippen molar-refractivity contribution in [1.29, 1.82) is 0 Å². The maximum atomic E-state index is 2.51. The van der Waals surface area contributed by atoms with Crippen LogP contribution in [0.1, 0.15) is 0 Å². The van der Waals surface area contributed by atoms with E-state index in [4.69, 9.17) is 0 Å². The fourth-order valence-corrected chi connectivity index (χ4v) is 9.47. The van der Waals surface area contributed by atoms with E-state index in [2.05, 4.69) is 226 Å². The third-order valence-corrected chi connectivity index (χ3v) is 11.8. The van der Waals surface area contributed by atoms with Crippen LogP contribution in [0.15, 0.2) is 212 Å². The molecule has 0 saturated carbocycles. The van der Waals surface area contributed by atoms with E-state index in [-0.39, 0.29) is 0 Å². The second kappa shape index (κ2) is 12.5. The Labute approximate surface area is 329 Å². The van der Waals surface area contributed by atoms with Crippen LogP contribution in [0.4, 0.5) is 0 Å². The van der Waals surface area contributed by atoms with Crippen molar-refractivity contribution < 1.29 is 0 Å². The molecule has 266 valence electrons. The van der Waals surface area contributed by atoms with E-state index in [1.165, 1.54) is 99.0 Å². The summed E-state index contributed by atoms with van der Waals surface area (Å²) in [6.45, 7) is 0. The highest BCUT2D eigenvalue weighted by molar-refractivity contribution is 6.17. The van der Waals surface area contributed by atoms with E-state index in [1.54, 1.807) is 0 Å². The molecular formula is C54H35N3. The van der Waals surface area contributed by atoms with Gasteiger partial charge in [-0.3, -0.25) is 0 Å². The van der Waals surface area contributed by atoms with Crippen LogP contribution in [0, 0.1) is 0 Å². The summed E-state index contributed by atoms with van der Waals surface area (Å²) in [6.07, 6.45) is 0. The Hall–Kier alpha value is -7.62. The van der Waals surface area contributed by atoms with E-state index >= 15 is 0 Å². The highest BCUT2D eigenvalue weighted by atomic mass is 15.0. The van der Waals surface area contributed by atoms with E-state index in [1.807, 2.05) is 0 Å². The lowest BCUT2D eigenvalue weighted by atomic mass is 9.95. The topological polar surface area (TPSA) is 14.8 Å². The van der Waals surface area contributed by atoms with Crippen LogP contribution in [-0.4, -0.2) is 13.7 Å². The molecule has 57 heavy (non-hydrogen) atoms. The van der Waals surface area contributed by atoms with E-state index in [9.17, 15) is 0 Å². The molecule has 3 heterocycles. The molecule has 0 aliphatic rings. The molecule has 3 aromatic heterocycles. The second-order valence-electron chi connectivity index (χ2n) is 14.9. The summed E-state index contributed by atoms with van der Waals surface area (Å²) >= 11 is 0. The summed E-state index contributed by atoms with van der Waals surface area (Å²) in [4.78, 5) is 0. The lowest BCUT2D eigenvalue weighted by Gasteiger charge is -2.19. The summed E-state index contributed by atoms with van der Waals surface area (Å²) in [5, 5.41) is 7.45. The Balaban J connectivity index is 1.18. The molecule has 0 fully saturated rings. The average molecular weight is 726 g/mol. The van der Waals surface area contributed by atoms with Gasteiger partial charge in [0.15, 0.2) is 0 Å². The zero-order valence-electron chi connectivity index (χ0n) is 31.0. The highest BCUT2D eigenvalue weighted by Crippen LogP contribution is 2.44. The summed E-state index contributed by atoms with van der Waals surface area (Å²) in [5.74, 6) is 0. The van der Waals surface area contributed by atoms with Crippen molar-refractivity contribution in [2.75, 3.05) is 0 Å². The van der Waals surface area contributed by atoms with Crippen LogP contribution in [0.2, 0.25) is 0 Å². The largest absolute Gasteiger partial charge is 0.309 e. The Morgan fingerprint density at radius 1 is 0.263 bits per heavy atom. The Morgan fingerprint density at radius 2 is 0.702 bits per heavy atom. The molecule has 0 saturated heterocycles. The number of hydrogen-bond donors (Lipinski definition) is 0. The Kier molecular flexibility index (Phi) is 6.93. The lowest BCUT2D eigenvalue weighted by molar-refractivity contribution is 1.15. The molecule has 9 aromatic carbocycles. The monoisotopic (exact) mass is 725 g/mol. The molecule has 0 bridgehead atoms. The zero-order chi connectivity index (χ0) is 37.5. The fraction of sp³-hybridized carbons (Fsp3) is 0. The van der Waals surface area contributed by atoms with Crippen molar-refractivity contribution in [2.24, 2.45) is 0 Å². The van der Waals surface area contributed by atoms with Gasteiger partial charge in [0.25, 0.3) is 0 Å². The average Bonchev–Trinajstić information content (AvgIpc) is 3.92. The number of benzene rings is 9. The summed E-state index contributed by atoms with van der Waals surface area (Å²) in [6, 6.07) is 77.4. The van der Waals surface area contributed by atoms with Gasteiger partial charge >= 0.3 is 0 Å². The molecule has 0 aliphatic heterocycles. The van der Waals surface area contributed by atoms with Gasteiger partial charge in [0.05, 0.1) is 44.5 Å². The van der Waals surface area contributed by atoms with Crippen LogP contribution in [-0.2, 0) is 0 Å². The van der Waals surface area contributed by atoms with Crippen molar-refractivity contribution in [3.63, 3.8) is 0 Å². The van der Waals surface area contributed by atoms with Gasteiger partial charge in [0, 0.05) is 49.1 Å². The molecule has 0 atom stereocenters. The van der Waals surface area contributed by atoms with E-state index in [0.717, 1.165) is 5.69 Å². The Bertz CT molecular complexity index is 3400. The molecule has 0 unspecified atom stereocenters. The smallest absolute Gasteiger partial charge is 0.0618 e. The van der Waals surface area contributed by atoms with Gasteiger partial charge in [-0.2, -0.15) is 0 Å². The fourth-order valence-electron chi connectivity index (χ4n) is 9.47. The van der Waals surface area contributed by atoms with Crippen molar-refractivity contribution in [3.05, 3.63) is 212 Å². The first-order valence-electron chi connectivity index (χ1n) is 19.6. The van der Waals surface area contributed by atoms with Gasteiger partial charge in [-0.05, 0) is 59.7 Å². The highest BCUT2D eigenvalue weighted by Gasteiger charge is 2.23. The lowest BCUT2D eigenvalue weighted by Crippen LogP contribution is -2.01. The van der Waals surface area contributed by atoms with Crippen molar-refractivity contribution in [3.8, 4) is 39.3 Å². The maximum absolute atomic E-state index is 2.51. The first-order valence-corrected chi connectivity index (χ1v) is 19.6. The molecular weight excluding hydrogens is 691 g/mol. The predicted molar refractivity (Wildman–Crippen MR) is 240 cm³/mol. The molecule has 3 nitrogen and oxygen atoms in total. The number of fused-ring (bicyclic) bond motifs is 9. The number of para-hydroxylation sites is 5. The molecule has 0 radical (unpaired) electrons. The van der Waals surface area contributed by atoms with Crippen LogP contribution in [0.3, 0.4) is 0 Å². The molecule has 12 aromatic rings. The van der Waals surface area contributed by atoms with E-state index < -0.39 is 0 Å². The predicted octanol–water partition coefficient (Wildman–Crippen LogP) is 14.3. The molecule has 0 amide bonds. The maximum Gasteiger partial charge on any atom is 0.0618 e. The SMILES string of the molecule is c1ccc(-c2cccc(-c3ccccc3)c2-n2c3ccccc3c3ccc(-n4c5ccccc5c5c(-n6c7ccccc7c7ccccc76)cccc54)cc32)cc1. The van der Waals surface area contributed by atoms with Gasteiger partial charge in [0.1, 0.15) is 0 Å². The molecule has 12 rings (SSSR count). The summed E-state index contributed by atoms with van der Waals surface area (Å²) < 4.78 is 7.43. The normalized spacial score (nSPS) is 11.9. The minimum absolute atomic E-state index is 1.12. The Morgan fingerprint density at radius 3 is 1.28 bits per heavy atom. The molecule has 0 spiro atoms. The first-order chi connectivity index (χ1) is 28.3. The van der Waals surface area contributed by atoms with Crippen molar-refractivity contribution in [2.45, 2.75) is 0 Å². The molecule has 0 aliphatic carbocycles. The van der Waals surface area contributed by atoms with Gasteiger partial charge in [0.2, 0.25) is 0 Å². The van der Waals surface area contributed by atoms with Gasteiger partial charge in [-0.25, -0.2) is 0 Å². The zero-order valence-corrected chi connectivity index (χ0v) is 31.0. The summed E-state index contributed by atoms with van der Waals surface area (Å²) in [5.41, 5.74) is 15.4. The third kappa shape index (κ3) is 4.66. The van der Waals surface area contributed by atoms with Crippen molar-refractivity contribution >= 4 is 65.4 Å². The number of rotatable bonds is 5. The van der Waals surface area contributed by atoms with Crippen molar-refractivity contribution in [1.82, 2.24) is 13.7 Å². The standard InChI is InChI=1S/C54H35N3/c1-3-17-36(18-4-1)39-25-15-26-40(37-19-5-2-6-20-37)54(39)57-48-29-13-9-23-43(48)44-34-33-38(35-52(44)57)55-49-30-14-10-24-45(49)53-50(55)31-16-32-51(53)56-46-27-11-7-21-41(46)42-22-8-12-28-47(42)56/h1-35H. The first kappa shape index (κ1) is 31.7. The van der Waals surface area contributed by atoms with E-state index in [0.29, 0.717) is 0 Å². The minimum Gasteiger partial charge on any atom is -0.309 e. The van der Waals surface area contributed by atoms with Gasteiger partial charge in [-0.15, -0.1) is 0 Å².